The molecule has 0 saturated carbocycles. The lowest BCUT2D eigenvalue weighted by Gasteiger charge is -2.10. The van der Waals surface area contributed by atoms with Crippen LogP contribution in [-0.2, 0) is 9.84 Å². The summed E-state index contributed by atoms with van der Waals surface area (Å²) in [5.74, 6) is -1.79. The number of halogens is 1. The van der Waals surface area contributed by atoms with Crippen LogP contribution >= 0.6 is 11.6 Å². The van der Waals surface area contributed by atoms with E-state index in [1.165, 1.54) is 60.7 Å². The molecule has 10 heteroatoms. The number of carbonyl (C=O) groups is 2. The number of carbonyl (C=O) groups excluding carboxylic acids is 1. The summed E-state index contributed by atoms with van der Waals surface area (Å²) < 4.78 is 23.6. The van der Waals surface area contributed by atoms with Crippen LogP contribution in [-0.4, -0.2) is 42.6 Å². The zero-order chi connectivity index (χ0) is 23.5. The van der Waals surface area contributed by atoms with Crippen LogP contribution in [0.25, 0.3) is 0 Å². The van der Waals surface area contributed by atoms with Gasteiger partial charge in [0.15, 0.2) is 9.84 Å². The number of rotatable bonds is 6. The topological polar surface area (TPSA) is 133 Å². The molecule has 0 heterocycles. The van der Waals surface area contributed by atoms with Crippen LogP contribution in [0.2, 0.25) is 5.02 Å². The molecule has 32 heavy (non-hydrogen) atoms. The Kier molecular flexibility index (Phi) is 6.61. The molecule has 0 aromatic heterocycles. The van der Waals surface area contributed by atoms with Crippen LogP contribution in [0.5, 0.6) is 0 Å². The maximum atomic E-state index is 12.6. The van der Waals surface area contributed by atoms with E-state index in [9.17, 15) is 28.3 Å². The van der Waals surface area contributed by atoms with Gasteiger partial charge in [-0.25, -0.2) is 13.2 Å². The molecule has 0 bridgehead atoms. The standard InChI is InChI=1S/C22H17ClN2O6S/c1-32(30,31)17-4-2-3-15(11-17)20(25-29)13-5-7-14(8-6-13)21(26)24-19-10-9-16(23)12-18(19)22(27)28/h2-12,29H,1H3,(H,24,26)(H,27,28)/b25-20+. The summed E-state index contributed by atoms with van der Waals surface area (Å²) in [4.78, 5) is 24.0. The number of nitrogens with one attached hydrogen (secondary N) is 1. The van der Waals surface area contributed by atoms with Gasteiger partial charge in [-0.15, -0.1) is 0 Å². The summed E-state index contributed by atoms with van der Waals surface area (Å²) in [5.41, 5.74) is 1.09. The number of aromatic carboxylic acids is 1. The number of benzene rings is 3. The van der Waals surface area contributed by atoms with Gasteiger partial charge in [0, 0.05) is 28.0 Å². The highest BCUT2D eigenvalue weighted by molar-refractivity contribution is 7.90. The molecule has 0 atom stereocenters. The lowest BCUT2D eigenvalue weighted by molar-refractivity contribution is 0.0698. The zero-order valence-electron chi connectivity index (χ0n) is 16.6. The fourth-order valence-corrected chi connectivity index (χ4v) is 3.77. The molecule has 0 aliphatic carbocycles. The van der Waals surface area contributed by atoms with Crippen LogP contribution in [0, 0.1) is 0 Å². The van der Waals surface area contributed by atoms with E-state index in [0.29, 0.717) is 11.1 Å². The second-order valence-corrected chi connectivity index (χ2v) is 9.23. The minimum Gasteiger partial charge on any atom is -0.478 e. The molecular weight excluding hydrogens is 456 g/mol. The van der Waals surface area contributed by atoms with Gasteiger partial charge in [-0.1, -0.05) is 41.0 Å². The van der Waals surface area contributed by atoms with Gasteiger partial charge in [0.1, 0.15) is 5.71 Å². The molecule has 0 spiro atoms. The van der Waals surface area contributed by atoms with Crippen molar-refractivity contribution >= 4 is 44.7 Å². The number of nitrogens with zero attached hydrogens (tertiary/aromatic N) is 1. The highest BCUT2D eigenvalue weighted by Gasteiger charge is 2.16. The fourth-order valence-electron chi connectivity index (χ4n) is 2.93. The second kappa shape index (κ2) is 9.21. The number of carboxylic acids is 1. The minimum atomic E-state index is -3.45. The van der Waals surface area contributed by atoms with E-state index in [1.807, 2.05) is 0 Å². The first kappa shape index (κ1) is 23.0. The molecule has 0 radical (unpaired) electrons. The molecule has 0 unspecified atom stereocenters. The van der Waals surface area contributed by atoms with Crippen molar-refractivity contribution in [1.82, 2.24) is 0 Å². The third kappa shape index (κ3) is 5.13. The van der Waals surface area contributed by atoms with Crippen molar-refractivity contribution in [3.8, 4) is 0 Å². The van der Waals surface area contributed by atoms with Gasteiger partial charge in [-0.05, 0) is 42.5 Å². The fraction of sp³-hybridized carbons (Fsp3) is 0.0455. The van der Waals surface area contributed by atoms with Gasteiger partial charge in [0.2, 0.25) is 0 Å². The maximum absolute atomic E-state index is 12.6. The average molecular weight is 473 g/mol. The van der Waals surface area contributed by atoms with E-state index >= 15 is 0 Å². The Bertz CT molecular complexity index is 1330. The monoisotopic (exact) mass is 472 g/mol. The van der Waals surface area contributed by atoms with Gasteiger partial charge in [0.05, 0.1) is 16.1 Å². The van der Waals surface area contributed by atoms with Crippen molar-refractivity contribution in [2.75, 3.05) is 11.6 Å². The molecule has 0 aliphatic rings. The molecule has 0 saturated heterocycles. The van der Waals surface area contributed by atoms with E-state index in [0.717, 1.165) is 6.26 Å². The number of carboxylic acid groups (broad SMARTS) is 1. The first-order valence-electron chi connectivity index (χ1n) is 9.07. The molecule has 1 amide bonds. The van der Waals surface area contributed by atoms with Crippen molar-refractivity contribution in [3.05, 3.63) is 94.0 Å². The number of anilines is 1. The van der Waals surface area contributed by atoms with Crippen LogP contribution in [0.3, 0.4) is 0 Å². The van der Waals surface area contributed by atoms with Crippen LogP contribution in [0.15, 0.2) is 76.8 Å². The van der Waals surface area contributed by atoms with Gasteiger partial charge < -0.3 is 15.6 Å². The maximum Gasteiger partial charge on any atom is 0.337 e. The molecule has 0 aliphatic heterocycles. The van der Waals surface area contributed by atoms with E-state index < -0.39 is 21.7 Å². The van der Waals surface area contributed by atoms with E-state index in [4.69, 9.17) is 11.6 Å². The highest BCUT2D eigenvalue weighted by atomic mass is 35.5. The van der Waals surface area contributed by atoms with Gasteiger partial charge in [-0.3, -0.25) is 4.79 Å². The molecule has 3 aromatic rings. The molecule has 164 valence electrons. The van der Waals surface area contributed by atoms with Crippen molar-refractivity contribution in [3.63, 3.8) is 0 Å². The predicted molar refractivity (Wildman–Crippen MR) is 120 cm³/mol. The lowest BCUT2D eigenvalue weighted by Crippen LogP contribution is -2.15. The predicted octanol–water partition coefficient (Wildman–Crippen LogP) is 3.92. The number of amides is 1. The van der Waals surface area contributed by atoms with Gasteiger partial charge in [0.25, 0.3) is 5.91 Å². The van der Waals surface area contributed by atoms with Gasteiger partial charge >= 0.3 is 5.97 Å². The first-order chi connectivity index (χ1) is 15.1. The average Bonchev–Trinajstić information content (AvgIpc) is 2.75. The quantitative estimate of drug-likeness (QED) is 0.283. The number of sulfone groups is 1. The zero-order valence-corrected chi connectivity index (χ0v) is 18.2. The Labute approximate surface area is 188 Å². The third-order valence-corrected chi connectivity index (χ3v) is 5.86. The molecule has 8 nitrogen and oxygen atoms in total. The Hall–Kier alpha value is -3.69. The largest absolute Gasteiger partial charge is 0.478 e. The molecule has 3 rings (SSSR count). The Morgan fingerprint density at radius 2 is 1.59 bits per heavy atom. The second-order valence-electron chi connectivity index (χ2n) is 6.78. The summed E-state index contributed by atoms with van der Waals surface area (Å²) in [6, 6.07) is 16.0. The van der Waals surface area contributed by atoms with Gasteiger partial charge in [-0.2, -0.15) is 0 Å². The van der Waals surface area contributed by atoms with E-state index in [2.05, 4.69) is 10.5 Å². The van der Waals surface area contributed by atoms with Crippen LogP contribution in [0.4, 0.5) is 5.69 Å². The van der Waals surface area contributed by atoms with Crippen molar-refractivity contribution in [2.45, 2.75) is 4.90 Å². The molecule has 0 fully saturated rings. The van der Waals surface area contributed by atoms with Crippen LogP contribution < -0.4 is 5.32 Å². The summed E-state index contributed by atoms with van der Waals surface area (Å²) in [6.07, 6.45) is 1.08. The summed E-state index contributed by atoms with van der Waals surface area (Å²) in [6.45, 7) is 0. The highest BCUT2D eigenvalue weighted by Crippen LogP contribution is 2.22. The molecular formula is C22H17ClN2O6S. The summed E-state index contributed by atoms with van der Waals surface area (Å²) in [5, 5.41) is 24.8. The van der Waals surface area contributed by atoms with Crippen molar-refractivity contribution in [1.29, 1.82) is 0 Å². The van der Waals surface area contributed by atoms with Crippen LogP contribution in [0.1, 0.15) is 31.8 Å². The Balaban J connectivity index is 1.86. The first-order valence-corrected chi connectivity index (χ1v) is 11.3. The molecule has 3 aromatic carbocycles. The summed E-state index contributed by atoms with van der Waals surface area (Å²) >= 11 is 5.82. The molecule has 3 N–H and O–H groups in total. The Morgan fingerprint density at radius 3 is 2.19 bits per heavy atom. The normalized spacial score (nSPS) is 11.8. The van der Waals surface area contributed by atoms with E-state index in [-0.39, 0.29) is 32.4 Å². The minimum absolute atomic E-state index is 0.0735. The number of hydrogen-bond acceptors (Lipinski definition) is 6. The number of oxime groups is 1. The van der Waals surface area contributed by atoms with E-state index in [1.54, 1.807) is 6.07 Å². The van der Waals surface area contributed by atoms with Crippen molar-refractivity contribution in [2.24, 2.45) is 5.16 Å². The SMILES string of the molecule is CS(=O)(=O)c1cccc(/C(=N/O)c2ccc(C(=O)Nc3ccc(Cl)cc3C(=O)O)cc2)c1. The summed E-state index contributed by atoms with van der Waals surface area (Å²) in [7, 11) is -3.45. The third-order valence-electron chi connectivity index (χ3n) is 4.52. The Morgan fingerprint density at radius 1 is 0.938 bits per heavy atom. The smallest absolute Gasteiger partial charge is 0.337 e. The lowest BCUT2D eigenvalue weighted by atomic mass is 10.0. The van der Waals surface area contributed by atoms with Crippen molar-refractivity contribution < 1.29 is 28.3 Å². The number of hydrogen-bond donors (Lipinski definition) is 3.